The maximum atomic E-state index is 12.7. The zero-order valence-corrected chi connectivity index (χ0v) is 18.3. The number of aromatic nitrogens is 1. The van der Waals surface area contributed by atoms with Crippen molar-refractivity contribution < 1.29 is 18.0 Å². The fraction of sp³-hybridized carbons (Fsp3) is 0.542. The minimum absolute atomic E-state index is 0.160. The van der Waals surface area contributed by atoms with E-state index in [2.05, 4.69) is 24.1 Å². The van der Waals surface area contributed by atoms with Crippen LogP contribution in [-0.2, 0) is 17.5 Å². The fourth-order valence-electron chi connectivity index (χ4n) is 3.96. The molecule has 0 atom stereocenters. The van der Waals surface area contributed by atoms with Crippen molar-refractivity contribution in [3.63, 3.8) is 0 Å². The summed E-state index contributed by atoms with van der Waals surface area (Å²) in [6.45, 7) is 7.77. The maximum absolute atomic E-state index is 12.7. The highest BCUT2D eigenvalue weighted by Gasteiger charge is 2.30. The maximum Gasteiger partial charge on any atom is 0.416 e. The van der Waals surface area contributed by atoms with E-state index in [0.717, 1.165) is 63.1 Å². The smallest absolute Gasteiger partial charge is 0.356 e. The van der Waals surface area contributed by atoms with Gasteiger partial charge in [0.1, 0.15) is 0 Å². The fourth-order valence-corrected chi connectivity index (χ4v) is 3.96. The molecule has 2 heterocycles. The SMILES string of the molecule is CC(C)CCNC(=O)CC1CCN(Cc2ccn(-c3ccc(C(F)(F)F)cc3)c2)CC1. The third kappa shape index (κ3) is 7.13. The van der Waals surface area contributed by atoms with Crippen molar-refractivity contribution in [3.8, 4) is 5.69 Å². The molecule has 1 aromatic heterocycles. The average Bonchev–Trinajstić information content (AvgIpc) is 3.17. The summed E-state index contributed by atoms with van der Waals surface area (Å²) in [5.74, 6) is 1.19. The Bertz CT molecular complexity index is 834. The lowest BCUT2D eigenvalue weighted by atomic mass is 9.93. The molecule has 0 aliphatic carbocycles. The van der Waals surface area contributed by atoms with Gasteiger partial charge >= 0.3 is 6.18 Å². The highest BCUT2D eigenvalue weighted by Crippen LogP contribution is 2.29. The molecule has 1 fully saturated rings. The van der Waals surface area contributed by atoms with Gasteiger partial charge in [-0.05, 0) is 80.1 Å². The molecule has 0 saturated carbocycles. The molecule has 0 unspecified atom stereocenters. The Balaban J connectivity index is 1.44. The van der Waals surface area contributed by atoms with Gasteiger partial charge in [0.15, 0.2) is 0 Å². The number of carbonyl (C=O) groups is 1. The molecule has 1 amide bonds. The van der Waals surface area contributed by atoms with E-state index in [9.17, 15) is 18.0 Å². The molecule has 7 heteroatoms. The van der Waals surface area contributed by atoms with E-state index in [-0.39, 0.29) is 5.91 Å². The normalized spacial score (nSPS) is 16.1. The van der Waals surface area contributed by atoms with Gasteiger partial charge in [-0.1, -0.05) is 13.8 Å². The standard InChI is InChI=1S/C24H32F3N3O/c1-18(2)7-11-28-23(31)15-19-8-12-29(13-9-19)16-20-10-14-30(17-20)22-5-3-21(4-6-22)24(25,26)27/h3-6,10,14,17-19H,7-9,11-13,15-16H2,1-2H3,(H,28,31). The van der Waals surface area contributed by atoms with Crippen LogP contribution in [0.4, 0.5) is 13.2 Å². The van der Waals surface area contributed by atoms with Crippen LogP contribution in [0.1, 0.15) is 50.7 Å². The molecule has 1 saturated heterocycles. The van der Waals surface area contributed by atoms with E-state index in [1.54, 1.807) is 0 Å². The van der Waals surface area contributed by atoms with Gasteiger partial charge in [-0.2, -0.15) is 13.2 Å². The molecule has 1 aliphatic rings. The third-order valence-electron chi connectivity index (χ3n) is 5.88. The summed E-state index contributed by atoms with van der Waals surface area (Å²) in [6, 6.07) is 7.21. The number of nitrogens with zero attached hydrogens (tertiary/aromatic N) is 2. The number of amides is 1. The van der Waals surface area contributed by atoms with Crippen molar-refractivity contribution in [3.05, 3.63) is 53.9 Å². The van der Waals surface area contributed by atoms with Crippen molar-refractivity contribution in [2.75, 3.05) is 19.6 Å². The number of piperidine rings is 1. The molecule has 3 rings (SSSR count). The molecule has 1 aromatic carbocycles. The van der Waals surface area contributed by atoms with Crippen molar-refractivity contribution in [2.24, 2.45) is 11.8 Å². The molecule has 4 nitrogen and oxygen atoms in total. The van der Waals surface area contributed by atoms with Gasteiger partial charge in [0.2, 0.25) is 5.91 Å². The van der Waals surface area contributed by atoms with Crippen molar-refractivity contribution >= 4 is 5.91 Å². The van der Waals surface area contributed by atoms with Gasteiger partial charge in [0, 0.05) is 37.6 Å². The minimum atomic E-state index is -4.32. The summed E-state index contributed by atoms with van der Waals surface area (Å²) in [7, 11) is 0. The Kier molecular flexibility index (Phi) is 7.81. The molecule has 2 aromatic rings. The van der Waals surface area contributed by atoms with Gasteiger partial charge < -0.3 is 9.88 Å². The Morgan fingerprint density at radius 2 is 1.81 bits per heavy atom. The van der Waals surface area contributed by atoms with Crippen LogP contribution in [0.3, 0.4) is 0 Å². The summed E-state index contributed by atoms with van der Waals surface area (Å²) >= 11 is 0. The topological polar surface area (TPSA) is 37.3 Å². The van der Waals surface area contributed by atoms with Crippen LogP contribution in [0.25, 0.3) is 5.69 Å². The lowest BCUT2D eigenvalue weighted by molar-refractivity contribution is -0.137. The number of alkyl halides is 3. The number of benzene rings is 1. The first kappa shape index (κ1) is 23.4. The van der Waals surface area contributed by atoms with Crippen LogP contribution in [-0.4, -0.2) is 35.0 Å². The van der Waals surface area contributed by atoms with Gasteiger partial charge in [-0.25, -0.2) is 0 Å². The molecule has 0 radical (unpaired) electrons. The molecular formula is C24H32F3N3O. The minimum Gasteiger partial charge on any atom is -0.356 e. The Hall–Kier alpha value is -2.28. The monoisotopic (exact) mass is 435 g/mol. The number of hydrogen-bond donors (Lipinski definition) is 1. The van der Waals surface area contributed by atoms with Crippen LogP contribution in [0.5, 0.6) is 0 Å². The zero-order chi connectivity index (χ0) is 22.4. The quantitative estimate of drug-likeness (QED) is 0.614. The van der Waals surface area contributed by atoms with Crippen LogP contribution >= 0.6 is 0 Å². The number of rotatable bonds is 8. The highest BCUT2D eigenvalue weighted by atomic mass is 19.4. The molecule has 170 valence electrons. The third-order valence-corrected chi connectivity index (χ3v) is 5.88. The van der Waals surface area contributed by atoms with Gasteiger partial charge in [0.05, 0.1) is 5.56 Å². The molecular weight excluding hydrogens is 403 g/mol. The Morgan fingerprint density at radius 1 is 1.13 bits per heavy atom. The van der Waals surface area contributed by atoms with E-state index < -0.39 is 11.7 Å². The lowest BCUT2D eigenvalue weighted by Gasteiger charge is -2.31. The van der Waals surface area contributed by atoms with Gasteiger partial charge in [-0.15, -0.1) is 0 Å². The Labute approximate surface area is 182 Å². The van der Waals surface area contributed by atoms with Crippen molar-refractivity contribution in [1.82, 2.24) is 14.8 Å². The molecule has 1 N–H and O–H groups in total. The van der Waals surface area contributed by atoms with E-state index >= 15 is 0 Å². The summed E-state index contributed by atoms with van der Waals surface area (Å²) in [6.07, 6.45) is 3.17. The van der Waals surface area contributed by atoms with E-state index in [1.165, 1.54) is 12.1 Å². The number of likely N-dealkylation sites (tertiary alicyclic amines) is 1. The van der Waals surface area contributed by atoms with Crippen LogP contribution < -0.4 is 5.32 Å². The largest absolute Gasteiger partial charge is 0.416 e. The second-order valence-electron chi connectivity index (χ2n) is 8.93. The molecule has 1 aliphatic heterocycles. The van der Waals surface area contributed by atoms with Crippen molar-refractivity contribution in [1.29, 1.82) is 0 Å². The van der Waals surface area contributed by atoms with Gasteiger partial charge in [-0.3, -0.25) is 9.69 Å². The van der Waals surface area contributed by atoms with Crippen LogP contribution in [0, 0.1) is 11.8 Å². The second kappa shape index (κ2) is 10.4. The predicted octanol–water partition coefficient (Wildman–Crippen LogP) is 5.26. The zero-order valence-electron chi connectivity index (χ0n) is 18.3. The first-order valence-corrected chi connectivity index (χ1v) is 11.0. The van der Waals surface area contributed by atoms with Crippen LogP contribution in [0.15, 0.2) is 42.7 Å². The Morgan fingerprint density at radius 3 is 2.42 bits per heavy atom. The number of halogens is 3. The second-order valence-corrected chi connectivity index (χ2v) is 8.93. The van der Waals surface area contributed by atoms with E-state index in [1.807, 2.05) is 23.0 Å². The molecule has 31 heavy (non-hydrogen) atoms. The summed E-state index contributed by atoms with van der Waals surface area (Å²) in [5.41, 5.74) is 1.20. The summed E-state index contributed by atoms with van der Waals surface area (Å²) in [5, 5.41) is 3.02. The van der Waals surface area contributed by atoms with E-state index in [0.29, 0.717) is 23.9 Å². The number of hydrogen-bond acceptors (Lipinski definition) is 2. The molecule has 0 spiro atoms. The van der Waals surface area contributed by atoms with Gasteiger partial charge in [0.25, 0.3) is 0 Å². The highest BCUT2D eigenvalue weighted by molar-refractivity contribution is 5.76. The average molecular weight is 436 g/mol. The predicted molar refractivity (Wildman–Crippen MR) is 116 cm³/mol. The number of nitrogens with one attached hydrogen (secondary N) is 1. The lowest BCUT2D eigenvalue weighted by Crippen LogP contribution is -2.35. The molecule has 0 bridgehead atoms. The first-order chi connectivity index (χ1) is 14.7. The summed E-state index contributed by atoms with van der Waals surface area (Å²) in [4.78, 5) is 14.5. The van der Waals surface area contributed by atoms with Crippen molar-refractivity contribution in [2.45, 2.75) is 52.3 Å². The van der Waals surface area contributed by atoms with Crippen LogP contribution in [0.2, 0.25) is 0 Å². The number of carbonyl (C=O) groups excluding carboxylic acids is 1. The summed E-state index contributed by atoms with van der Waals surface area (Å²) < 4.78 is 40.1. The first-order valence-electron chi connectivity index (χ1n) is 11.0. The van der Waals surface area contributed by atoms with E-state index in [4.69, 9.17) is 0 Å².